The molecule has 0 aliphatic heterocycles. The average molecular weight is 444 g/mol. The molecule has 0 saturated carbocycles. The summed E-state index contributed by atoms with van der Waals surface area (Å²) in [4.78, 5) is 12.2. The van der Waals surface area contributed by atoms with E-state index in [2.05, 4.69) is 10.5 Å². The Labute approximate surface area is 171 Å². The topological polar surface area (TPSA) is 64.4 Å². The number of amides is 1. The number of methoxy groups -OCH3 is 1. The number of nitrogens with one attached hydrogen (secondary N) is 1. The summed E-state index contributed by atoms with van der Waals surface area (Å²) in [6.07, 6.45) is -10.1. The van der Waals surface area contributed by atoms with Crippen LogP contribution in [0.5, 0.6) is 5.75 Å². The van der Waals surface area contributed by atoms with Crippen molar-refractivity contribution in [3.8, 4) is 17.1 Å². The lowest BCUT2D eigenvalue weighted by Gasteiger charge is -2.14. The van der Waals surface area contributed by atoms with E-state index in [1.165, 1.54) is 13.2 Å². The van der Waals surface area contributed by atoms with Crippen molar-refractivity contribution >= 4 is 5.91 Å². The first-order chi connectivity index (χ1) is 14.5. The number of hydrogen-bond donors (Lipinski definition) is 1. The Morgan fingerprint density at radius 2 is 1.65 bits per heavy atom. The van der Waals surface area contributed by atoms with Gasteiger partial charge in [0.25, 0.3) is 5.91 Å². The van der Waals surface area contributed by atoms with E-state index in [1.54, 1.807) is 24.3 Å². The van der Waals surface area contributed by atoms with Gasteiger partial charge in [-0.1, -0.05) is 17.3 Å². The minimum Gasteiger partial charge on any atom is -0.497 e. The highest BCUT2D eigenvalue weighted by atomic mass is 19.4. The van der Waals surface area contributed by atoms with Crippen LogP contribution in [-0.2, 0) is 18.9 Å². The molecular weight excluding hydrogens is 430 g/mol. The highest BCUT2D eigenvalue weighted by molar-refractivity contribution is 5.94. The van der Waals surface area contributed by atoms with Crippen LogP contribution < -0.4 is 10.1 Å². The van der Waals surface area contributed by atoms with Crippen LogP contribution >= 0.6 is 0 Å². The first kappa shape index (κ1) is 22.2. The standard InChI is InChI=1S/C20H14F6N2O3/c1-30-16-4-2-3-11(7-16)17-9-15(28-31-17)10-27-18(29)12-5-13(19(21,22)23)8-14(6-12)20(24,25)26/h2-9H,10H2,1H3,(H,27,29). The summed E-state index contributed by atoms with van der Waals surface area (Å²) in [7, 11) is 1.48. The SMILES string of the molecule is COc1cccc(-c2cc(CNC(=O)c3cc(C(F)(F)F)cc(C(F)(F)F)c3)no2)c1. The van der Waals surface area contributed by atoms with Gasteiger partial charge < -0.3 is 14.6 Å². The van der Waals surface area contributed by atoms with Gasteiger partial charge >= 0.3 is 12.4 Å². The lowest BCUT2D eigenvalue weighted by Crippen LogP contribution is -2.24. The molecule has 0 unspecified atom stereocenters. The molecule has 0 fully saturated rings. The van der Waals surface area contributed by atoms with Crippen LogP contribution in [0.3, 0.4) is 0 Å². The molecule has 164 valence electrons. The second-order valence-electron chi connectivity index (χ2n) is 6.39. The number of carbonyl (C=O) groups excluding carboxylic acids is 1. The Hall–Kier alpha value is -3.50. The monoisotopic (exact) mass is 444 g/mol. The lowest BCUT2D eigenvalue weighted by atomic mass is 10.0. The molecule has 3 rings (SSSR count). The van der Waals surface area contributed by atoms with E-state index in [0.29, 0.717) is 29.2 Å². The van der Waals surface area contributed by atoms with E-state index in [1.807, 2.05) is 0 Å². The van der Waals surface area contributed by atoms with Crippen LogP contribution in [-0.4, -0.2) is 18.2 Å². The molecular formula is C20H14F6N2O3. The largest absolute Gasteiger partial charge is 0.497 e. The van der Waals surface area contributed by atoms with E-state index in [9.17, 15) is 31.1 Å². The normalized spacial score (nSPS) is 12.0. The van der Waals surface area contributed by atoms with E-state index >= 15 is 0 Å². The zero-order valence-electron chi connectivity index (χ0n) is 15.8. The van der Waals surface area contributed by atoms with E-state index in [0.717, 1.165) is 0 Å². The Kier molecular flexibility index (Phi) is 5.96. The average Bonchev–Trinajstić information content (AvgIpc) is 3.19. The summed E-state index contributed by atoms with van der Waals surface area (Å²) >= 11 is 0. The van der Waals surface area contributed by atoms with Gasteiger partial charge in [0.15, 0.2) is 5.76 Å². The minimum atomic E-state index is -5.05. The van der Waals surface area contributed by atoms with Gasteiger partial charge in [0, 0.05) is 17.2 Å². The Morgan fingerprint density at radius 3 is 2.23 bits per heavy atom. The molecule has 0 aliphatic carbocycles. The van der Waals surface area contributed by atoms with Crippen molar-refractivity contribution in [3.63, 3.8) is 0 Å². The van der Waals surface area contributed by atoms with Crippen LogP contribution in [0.15, 0.2) is 53.1 Å². The second-order valence-corrected chi connectivity index (χ2v) is 6.39. The van der Waals surface area contributed by atoms with E-state index < -0.39 is 35.0 Å². The van der Waals surface area contributed by atoms with Crippen LogP contribution in [0, 0.1) is 0 Å². The molecule has 0 radical (unpaired) electrons. The number of halogens is 6. The van der Waals surface area contributed by atoms with Crippen molar-refractivity contribution in [2.24, 2.45) is 0 Å². The zero-order valence-corrected chi connectivity index (χ0v) is 15.8. The Bertz CT molecular complexity index is 1060. The van der Waals surface area contributed by atoms with Crippen molar-refractivity contribution in [2.75, 3.05) is 7.11 Å². The fourth-order valence-corrected chi connectivity index (χ4v) is 2.67. The van der Waals surface area contributed by atoms with E-state index in [-0.39, 0.29) is 18.3 Å². The van der Waals surface area contributed by atoms with Crippen molar-refractivity contribution in [1.29, 1.82) is 0 Å². The summed E-state index contributed by atoms with van der Waals surface area (Å²) in [6.45, 7) is -0.274. The van der Waals surface area contributed by atoms with Crippen LogP contribution in [0.25, 0.3) is 11.3 Å². The number of hydrogen-bond acceptors (Lipinski definition) is 4. The third-order valence-corrected chi connectivity index (χ3v) is 4.19. The summed E-state index contributed by atoms with van der Waals surface area (Å²) < 4.78 is 87.9. The van der Waals surface area contributed by atoms with Crippen molar-refractivity contribution < 1.29 is 40.4 Å². The van der Waals surface area contributed by atoms with Gasteiger partial charge in [-0.25, -0.2) is 0 Å². The maximum atomic E-state index is 12.9. The van der Waals surface area contributed by atoms with Gasteiger partial charge in [0.1, 0.15) is 11.4 Å². The first-order valence-corrected chi connectivity index (χ1v) is 8.65. The molecule has 0 saturated heterocycles. The maximum absolute atomic E-state index is 12.9. The highest BCUT2D eigenvalue weighted by Gasteiger charge is 2.37. The van der Waals surface area contributed by atoms with Crippen molar-refractivity contribution in [2.45, 2.75) is 18.9 Å². The molecule has 0 aliphatic rings. The quantitative estimate of drug-likeness (QED) is 0.542. The van der Waals surface area contributed by atoms with E-state index in [4.69, 9.17) is 9.26 Å². The maximum Gasteiger partial charge on any atom is 0.416 e. The predicted molar refractivity (Wildman–Crippen MR) is 96.1 cm³/mol. The number of rotatable bonds is 5. The summed E-state index contributed by atoms with van der Waals surface area (Å²) in [5.41, 5.74) is -3.09. The third kappa shape index (κ3) is 5.36. The number of ether oxygens (including phenoxy) is 1. The molecule has 1 amide bonds. The minimum absolute atomic E-state index is 0.0468. The van der Waals surface area contributed by atoms with Crippen molar-refractivity contribution in [1.82, 2.24) is 10.5 Å². The third-order valence-electron chi connectivity index (χ3n) is 4.19. The predicted octanol–water partition coefficient (Wildman–Crippen LogP) is 5.32. The Morgan fingerprint density at radius 1 is 1.00 bits per heavy atom. The smallest absolute Gasteiger partial charge is 0.416 e. The molecule has 1 heterocycles. The van der Waals surface area contributed by atoms with Crippen LogP contribution in [0.4, 0.5) is 26.3 Å². The number of aromatic nitrogens is 1. The fourth-order valence-electron chi connectivity index (χ4n) is 2.67. The molecule has 1 aromatic heterocycles. The van der Waals surface area contributed by atoms with Gasteiger partial charge in [0.05, 0.1) is 24.8 Å². The molecule has 0 atom stereocenters. The number of carbonyl (C=O) groups is 1. The van der Waals surface area contributed by atoms with Crippen LogP contribution in [0.2, 0.25) is 0 Å². The molecule has 1 N–H and O–H groups in total. The molecule has 11 heteroatoms. The van der Waals surface area contributed by atoms with Crippen molar-refractivity contribution in [3.05, 3.63) is 70.9 Å². The van der Waals surface area contributed by atoms with Gasteiger partial charge in [-0.2, -0.15) is 26.3 Å². The second kappa shape index (κ2) is 8.32. The molecule has 5 nitrogen and oxygen atoms in total. The molecule has 3 aromatic rings. The fraction of sp³-hybridized carbons (Fsp3) is 0.200. The van der Waals surface area contributed by atoms with Gasteiger partial charge in [0.2, 0.25) is 0 Å². The number of benzene rings is 2. The number of nitrogens with zero attached hydrogens (tertiary/aromatic N) is 1. The zero-order chi connectivity index (χ0) is 22.8. The highest BCUT2D eigenvalue weighted by Crippen LogP contribution is 2.36. The van der Waals surface area contributed by atoms with Gasteiger partial charge in [-0.15, -0.1) is 0 Å². The number of alkyl halides is 6. The molecule has 31 heavy (non-hydrogen) atoms. The molecule has 0 spiro atoms. The summed E-state index contributed by atoms with van der Waals surface area (Å²) in [5.74, 6) is -0.224. The lowest BCUT2D eigenvalue weighted by molar-refractivity contribution is -0.143. The molecule has 2 aromatic carbocycles. The Balaban J connectivity index is 1.77. The van der Waals surface area contributed by atoms with Crippen LogP contribution in [0.1, 0.15) is 27.2 Å². The first-order valence-electron chi connectivity index (χ1n) is 8.65. The van der Waals surface area contributed by atoms with Gasteiger partial charge in [-0.3, -0.25) is 4.79 Å². The molecule has 0 bridgehead atoms. The summed E-state index contributed by atoms with van der Waals surface area (Å²) in [5, 5.41) is 5.98. The summed E-state index contributed by atoms with van der Waals surface area (Å²) in [6, 6.07) is 8.95. The van der Waals surface area contributed by atoms with Gasteiger partial charge in [-0.05, 0) is 30.3 Å².